The van der Waals surface area contributed by atoms with Crippen LogP contribution in [0.2, 0.25) is 0 Å². The zero-order valence-corrected chi connectivity index (χ0v) is 11.7. The number of hydrogen-bond donors (Lipinski definition) is 1. The van der Waals surface area contributed by atoms with E-state index in [1.54, 1.807) is 6.08 Å². The van der Waals surface area contributed by atoms with E-state index in [1.807, 2.05) is 25.2 Å². The minimum atomic E-state index is -0.940. The molecule has 0 amide bonds. The zero-order valence-electron chi connectivity index (χ0n) is 10.1. The number of carbonyl (C=O) groups is 1. The second-order valence-corrected chi connectivity index (χ2v) is 4.94. The predicted octanol–water partition coefficient (Wildman–Crippen LogP) is 3.39. The van der Waals surface area contributed by atoms with Gasteiger partial charge < -0.3 is 10.0 Å². The van der Waals surface area contributed by atoms with Crippen molar-refractivity contribution in [2.75, 3.05) is 11.9 Å². The van der Waals surface area contributed by atoms with Crippen LogP contribution >= 0.6 is 15.9 Å². The number of nitrogens with zero attached hydrogens (tertiary/aromatic N) is 1. The molecule has 0 heterocycles. The van der Waals surface area contributed by atoms with Crippen LogP contribution in [0.3, 0.4) is 0 Å². The van der Waals surface area contributed by atoms with E-state index in [4.69, 9.17) is 5.11 Å². The summed E-state index contributed by atoms with van der Waals surface area (Å²) < 4.78 is 0.959. The van der Waals surface area contributed by atoms with Gasteiger partial charge in [-0.25, -0.2) is 4.79 Å². The van der Waals surface area contributed by atoms with Gasteiger partial charge in [0.25, 0.3) is 0 Å². The molecule has 0 saturated carbocycles. The largest absolute Gasteiger partial charge is 0.478 e. The highest BCUT2D eigenvalue weighted by Gasteiger charge is 2.08. The van der Waals surface area contributed by atoms with Gasteiger partial charge in [-0.05, 0) is 53.5 Å². The minimum absolute atomic E-state index is 0.409. The second-order valence-electron chi connectivity index (χ2n) is 4.09. The van der Waals surface area contributed by atoms with Gasteiger partial charge >= 0.3 is 5.97 Å². The summed E-state index contributed by atoms with van der Waals surface area (Å²) in [4.78, 5) is 12.6. The molecule has 1 aromatic rings. The molecule has 17 heavy (non-hydrogen) atoms. The van der Waals surface area contributed by atoms with Crippen molar-refractivity contribution in [1.29, 1.82) is 0 Å². The van der Waals surface area contributed by atoms with E-state index in [0.29, 0.717) is 6.04 Å². The van der Waals surface area contributed by atoms with Crippen LogP contribution in [0.5, 0.6) is 0 Å². The molecule has 0 aliphatic rings. The first kappa shape index (κ1) is 13.8. The van der Waals surface area contributed by atoms with E-state index in [0.717, 1.165) is 21.8 Å². The number of carboxylic acids is 1. The Morgan fingerprint density at radius 2 is 2.12 bits per heavy atom. The summed E-state index contributed by atoms with van der Waals surface area (Å²) in [6.07, 6.45) is 2.71. The summed E-state index contributed by atoms with van der Waals surface area (Å²) in [5.41, 5.74) is 1.95. The van der Waals surface area contributed by atoms with Gasteiger partial charge in [0.2, 0.25) is 0 Å². The van der Waals surface area contributed by atoms with Crippen LogP contribution < -0.4 is 4.90 Å². The number of rotatable bonds is 4. The molecular weight excluding hydrogens is 282 g/mol. The molecule has 4 heteroatoms. The molecule has 0 unspecified atom stereocenters. The molecule has 0 aliphatic heterocycles. The average Bonchev–Trinajstić information content (AvgIpc) is 2.25. The Morgan fingerprint density at radius 3 is 2.59 bits per heavy atom. The summed E-state index contributed by atoms with van der Waals surface area (Å²) in [5.74, 6) is -0.940. The van der Waals surface area contributed by atoms with Crippen molar-refractivity contribution in [3.8, 4) is 0 Å². The van der Waals surface area contributed by atoms with Crippen molar-refractivity contribution in [1.82, 2.24) is 0 Å². The van der Waals surface area contributed by atoms with Crippen molar-refractivity contribution < 1.29 is 9.90 Å². The molecule has 1 aromatic carbocycles. The molecule has 0 saturated heterocycles. The van der Waals surface area contributed by atoms with Gasteiger partial charge in [-0.2, -0.15) is 0 Å². The summed E-state index contributed by atoms with van der Waals surface area (Å²) in [6.45, 7) is 4.23. The summed E-state index contributed by atoms with van der Waals surface area (Å²) in [7, 11) is 2.03. The fourth-order valence-corrected chi connectivity index (χ4v) is 2.03. The Kier molecular flexibility index (Phi) is 4.75. The topological polar surface area (TPSA) is 40.5 Å². The van der Waals surface area contributed by atoms with Crippen LogP contribution in [0.1, 0.15) is 19.4 Å². The molecule has 0 aromatic heterocycles. The third-order valence-corrected chi connectivity index (χ3v) is 3.18. The molecule has 3 nitrogen and oxygen atoms in total. The van der Waals surface area contributed by atoms with Gasteiger partial charge in [-0.3, -0.25) is 0 Å². The number of aliphatic carboxylic acids is 1. The third-order valence-electron chi connectivity index (χ3n) is 2.54. The lowest BCUT2D eigenvalue weighted by Gasteiger charge is -2.25. The van der Waals surface area contributed by atoms with Crippen molar-refractivity contribution in [3.63, 3.8) is 0 Å². The fraction of sp³-hybridized carbons (Fsp3) is 0.308. The highest BCUT2D eigenvalue weighted by molar-refractivity contribution is 9.10. The first-order valence-corrected chi connectivity index (χ1v) is 6.14. The summed E-state index contributed by atoms with van der Waals surface area (Å²) >= 11 is 3.50. The fourth-order valence-electron chi connectivity index (χ4n) is 1.36. The standard InChI is InChI=1S/C13H16BrNO2/c1-9(2)15(3)12-6-4-10(8-11(12)14)5-7-13(16)17/h4-9H,1-3H3,(H,16,17)/b7-5+. The minimum Gasteiger partial charge on any atom is -0.478 e. The predicted molar refractivity (Wildman–Crippen MR) is 74.4 cm³/mol. The number of carboxylic acid groups (broad SMARTS) is 1. The zero-order chi connectivity index (χ0) is 13.0. The maximum absolute atomic E-state index is 10.4. The summed E-state index contributed by atoms with van der Waals surface area (Å²) in [6, 6.07) is 6.20. The Hall–Kier alpha value is -1.29. The molecule has 1 N–H and O–H groups in total. The van der Waals surface area contributed by atoms with Crippen LogP contribution in [0, 0.1) is 0 Å². The van der Waals surface area contributed by atoms with Gasteiger partial charge in [0.1, 0.15) is 0 Å². The molecule has 0 fully saturated rings. The monoisotopic (exact) mass is 297 g/mol. The Bertz CT molecular complexity index is 441. The first-order chi connectivity index (χ1) is 7.91. The highest BCUT2D eigenvalue weighted by atomic mass is 79.9. The van der Waals surface area contributed by atoms with E-state index >= 15 is 0 Å². The van der Waals surface area contributed by atoms with E-state index in [-0.39, 0.29) is 0 Å². The molecular formula is C13H16BrNO2. The average molecular weight is 298 g/mol. The van der Waals surface area contributed by atoms with Crippen LogP contribution in [-0.2, 0) is 4.79 Å². The number of benzene rings is 1. The van der Waals surface area contributed by atoms with Gasteiger partial charge in [-0.1, -0.05) is 6.07 Å². The second kappa shape index (κ2) is 5.87. The van der Waals surface area contributed by atoms with Crippen molar-refractivity contribution in [2.45, 2.75) is 19.9 Å². The SMILES string of the molecule is CC(C)N(C)c1ccc(/C=C/C(=O)O)cc1Br. The van der Waals surface area contributed by atoms with Gasteiger partial charge in [0.05, 0.1) is 5.69 Å². The lowest BCUT2D eigenvalue weighted by Crippen LogP contribution is -2.25. The van der Waals surface area contributed by atoms with E-state index < -0.39 is 5.97 Å². The van der Waals surface area contributed by atoms with Crippen molar-refractivity contribution in [3.05, 3.63) is 34.3 Å². The maximum Gasteiger partial charge on any atom is 0.328 e. The van der Waals surface area contributed by atoms with Crippen LogP contribution in [0.25, 0.3) is 6.08 Å². The van der Waals surface area contributed by atoms with Gasteiger partial charge in [0, 0.05) is 23.6 Å². The smallest absolute Gasteiger partial charge is 0.328 e. The molecule has 0 radical (unpaired) electrons. The lowest BCUT2D eigenvalue weighted by atomic mass is 10.1. The van der Waals surface area contributed by atoms with Crippen LogP contribution in [-0.4, -0.2) is 24.2 Å². The molecule has 92 valence electrons. The first-order valence-electron chi connectivity index (χ1n) is 5.35. The Labute approximate surface area is 110 Å². The molecule has 1 rings (SSSR count). The van der Waals surface area contributed by atoms with E-state index in [1.165, 1.54) is 0 Å². The number of anilines is 1. The van der Waals surface area contributed by atoms with Crippen molar-refractivity contribution in [2.24, 2.45) is 0 Å². The molecule has 0 atom stereocenters. The molecule has 0 spiro atoms. The van der Waals surface area contributed by atoms with E-state index in [9.17, 15) is 4.79 Å². The number of hydrogen-bond acceptors (Lipinski definition) is 2. The Morgan fingerprint density at radius 1 is 1.47 bits per heavy atom. The van der Waals surface area contributed by atoms with Crippen molar-refractivity contribution >= 4 is 33.7 Å². The number of halogens is 1. The molecule has 0 bridgehead atoms. The molecule has 0 aliphatic carbocycles. The lowest BCUT2D eigenvalue weighted by molar-refractivity contribution is -0.131. The normalized spacial score (nSPS) is 11.1. The van der Waals surface area contributed by atoms with Crippen LogP contribution in [0.4, 0.5) is 5.69 Å². The van der Waals surface area contributed by atoms with Gasteiger partial charge in [-0.15, -0.1) is 0 Å². The Balaban J connectivity index is 2.98. The highest BCUT2D eigenvalue weighted by Crippen LogP contribution is 2.28. The van der Waals surface area contributed by atoms with Gasteiger partial charge in [0.15, 0.2) is 0 Å². The quantitative estimate of drug-likeness (QED) is 0.866. The van der Waals surface area contributed by atoms with Crippen LogP contribution in [0.15, 0.2) is 28.7 Å². The van der Waals surface area contributed by atoms with E-state index in [2.05, 4.69) is 34.7 Å². The summed E-state index contributed by atoms with van der Waals surface area (Å²) in [5, 5.41) is 8.55. The maximum atomic E-state index is 10.4. The third kappa shape index (κ3) is 3.89.